The molecule has 0 aliphatic rings. The van der Waals surface area contributed by atoms with Crippen molar-refractivity contribution in [1.29, 1.82) is 0 Å². The molecule has 25 heavy (non-hydrogen) atoms. The van der Waals surface area contributed by atoms with Crippen LogP contribution in [0.2, 0.25) is 0 Å². The molecular formula is C17H19N5O2S. The van der Waals surface area contributed by atoms with E-state index in [1.54, 1.807) is 11.8 Å². The summed E-state index contributed by atoms with van der Waals surface area (Å²) in [6, 6.07) is 9.79. The molecule has 0 atom stereocenters. The molecule has 1 amide bonds. The minimum atomic E-state index is -0.147. The Kier molecular flexibility index (Phi) is 5.20. The third-order valence-corrected chi connectivity index (χ3v) is 4.86. The number of ether oxygens (including phenoxy) is 1. The lowest BCUT2D eigenvalue weighted by Gasteiger charge is -2.02. The minimum absolute atomic E-state index is 0.147. The molecule has 0 bridgehead atoms. The fourth-order valence-electron chi connectivity index (χ4n) is 2.40. The number of para-hydroxylation sites is 1. The van der Waals surface area contributed by atoms with Crippen LogP contribution in [0.3, 0.4) is 0 Å². The Balaban J connectivity index is 1.87. The number of carbonyl (C=O) groups is 1. The van der Waals surface area contributed by atoms with E-state index in [0.717, 1.165) is 11.4 Å². The molecule has 8 heteroatoms. The van der Waals surface area contributed by atoms with Crippen LogP contribution in [0.1, 0.15) is 21.1 Å². The van der Waals surface area contributed by atoms with Gasteiger partial charge in [0.05, 0.1) is 23.7 Å². The monoisotopic (exact) mass is 357 g/mol. The van der Waals surface area contributed by atoms with Crippen molar-refractivity contribution < 1.29 is 9.53 Å². The molecule has 0 aliphatic carbocycles. The molecular weight excluding hydrogens is 338 g/mol. The number of hydrogen-bond donors (Lipinski definition) is 1. The van der Waals surface area contributed by atoms with Gasteiger partial charge in [-0.2, -0.15) is 0 Å². The second kappa shape index (κ2) is 7.54. The number of benzene rings is 1. The SMILES string of the molecule is COCCNC(=O)c1sc(-c2nnn(-c3ccccc3)c2C)nc1C. The first-order chi connectivity index (χ1) is 12.1. The van der Waals surface area contributed by atoms with Crippen molar-refractivity contribution in [3.05, 3.63) is 46.6 Å². The second-order valence-electron chi connectivity index (χ2n) is 5.45. The third-order valence-electron chi connectivity index (χ3n) is 3.69. The van der Waals surface area contributed by atoms with Gasteiger partial charge in [0.25, 0.3) is 5.91 Å². The van der Waals surface area contributed by atoms with E-state index in [1.807, 2.05) is 44.2 Å². The maximum absolute atomic E-state index is 12.3. The number of hydrogen-bond acceptors (Lipinski definition) is 6. The summed E-state index contributed by atoms with van der Waals surface area (Å²) in [5.74, 6) is -0.147. The first kappa shape index (κ1) is 17.2. The zero-order valence-electron chi connectivity index (χ0n) is 14.3. The van der Waals surface area contributed by atoms with E-state index < -0.39 is 0 Å². The molecule has 2 heterocycles. The predicted molar refractivity (Wildman–Crippen MR) is 96.2 cm³/mol. The van der Waals surface area contributed by atoms with Crippen molar-refractivity contribution in [3.8, 4) is 16.4 Å². The minimum Gasteiger partial charge on any atom is -0.383 e. The van der Waals surface area contributed by atoms with Crippen LogP contribution in [0.25, 0.3) is 16.4 Å². The summed E-state index contributed by atoms with van der Waals surface area (Å²) in [5, 5.41) is 12.0. The van der Waals surface area contributed by atoms with Crippen LogP contribution < -0.4 is 5.32 Å². The Hall–Kier alpha value is -2.58. The molecule has 0 spiro atoms. The molecule has 2 aromatic heterocycles. The second-order valence-corrected chi connectivity index (χ2v) is 6.45. The fourth-order valence-corrected chi connectivity index (χ4v) is 3.42. The average Bonchev–Trinajstić information content (AvgIpc) is 3.18. The van der Waals surface area contributed by atoms with E-state index in [4.69, 9.17) is 4.74 Å². The normalized spacial score (nSPS) is 10.8. The first-order valence-electron chi connectivity index (χ1n) is 7.84. The zero-order chi connectivity index (χ0) is 17.8. The van der Waals surface area contributed by atoms with Gasteiger partial charge in [-0.3, -0.25) is 4.79 Å². The van der Waals surface area contributed by atoms with E-state index in [0.29, 0.717) is 34.4 Å². The number of thiazole rings is 1. The van der Waals surface area contributed by atoms with E-state index in [9.17, 15) is 4.79 Å². The molecule has 3 rings (SSSR count). The van der Waals surface area contributed by atoms with Gasteiger partial charge in [0.15, 0.2) is 0 Å². The molecule has 1 aromatic carbocycles. The summed E-state index contributed by atoms with van der Waals surface area (Å²) < 4.78 is 6.71. The van der Waals surface area contributed by atoms with Crippen LogP contribution in [-0.4, -0.2) is 46.1 Å². The lowest BCUT2D eigenvalue weighted by Crippen LogP contribution is -2.26. The number of amides is 1. The van der Waals surface area contributed by atoms with Crippen molar-refractivity contribution in [2.24, 2.45) is 0 Å². The van der Waals surface area contributed by atoms with Gasteiger partial charge >= 0.3 is 0 Å². The Morgan fingerprint density at radius 2 is 2.04 bits per heavy atom. The number of aryl methyl sites for hydroxylation is 1. The predicted octanol–water partition coefficient (Wildman–Crippen LogP) is 2.38. The van der Waals surface area contributed by atoms with Gasteiger partial charge in [0.1, 0.15) is 15.6 Å². The molecule has 7 nitrogen and oxygen atoms in total. The maximum Gasteiger partial charge on any atom is 0.263 e. The number of carbonyl (C=O) groups excluding carboxylic acids is 1. The highest BCUT2D eigenvalue weighted by Crippen LogP contribution is 2.29. The van der Waals surface area contributed by atoms with Crippen molar-refractivity contribution in [2.45, 2.75) is 13.8 Å². The van der Waals surface area contributed by atoms with E-state index in [2.05, 4.69) is 20.6 Å². The molecule has 0 saturated carbocycles. The first-order valence-corrected chi connectivity index (χ1v) is 8.66. The number of aromatic nitrogens is 4. The zero-order valence-corrected chi connectivity index (χ0v) is 15.1. The number of nitrogens with one attached hydrogen (secondary N) is 1. The number of nitrogens with zero attached hydrogens (tertiary/aromatic N) is 4. The highest BCUT2D eigenvalue weighted by Gasteiger charge is 2.20. The topological polar surface area (TPSA) is 81.9 Å². The fraction of sp³-hybridized carbons (Fsp3) is 0.294. The van der Waals surface area contributed by atoms with E-state index in [1.165, 1.54) is 11.3 Å². The summed E-state index contributed by atoms with van der Waals surface area (Å²) >= 11 is 1.32. The largest absolute Gasteiger partial charge is 0.383 e. The maximum atomic E-state index is 12.3. The Morgan fingerprint density at radius 1 is 1.28 bits per heavy atom. The highest BCUT2D eigenvalue weighted by atomic mass is 32.1. The van der Waals surface area contributed by atoms with Crippen LogP contribution in [0.5, 0.6) is 0 Å². The molecule has 3 aromatic rings. The Morgan fingerprint density at radius 3 is 2.76 bits per heavy atom. The lowest BCUT2D eigenvalue weighted by atomic mass is 10.3. The van der Waals surface area contributed by atoms with Crippen LogP contribution >= 0.6 is 11.3 Å². The van der Waals surface area contributed by atoms with Crippen LogP contribution in [0.15, 0.2) is 30.3 Å². The van der Waals surface area contributed by atoms with Gasteiger partial charge < -0.3 is 10.1 Å². The van der Waals surface area contributed by atoms with Crippen LogP contribution in [-0.2, 0) is 4.74 Å². The summed E-state index contributed by atoms with van der Waals surface area (Å²) in [5.41, 5.74) is 3.19. The Labute approximate surface area is 149 Å². The van der Waals surface area contributed by atoms with Gasteiger partial charge in [0, 0.05) is 13.7 Å². The van der Waals surface area contributed by atoms with Gasteiger partial charge in [0.2, 0.25) is 0 Å². The molecule has 0 radical (unpaired) electrons. The van der Waals surface area contributed by atoms with Crippen molar-refractivity contribution in [3.63, 3.8) is 0 Å². The van der Waals surface area contributed by atoms with Crippen LogP contribution in [0.4, 0.5) is 0 Å². The quantitative estimate of drug-likeness (QED) is 0.685. The molecule has 0 saturated heterocycles. The van der Waals surface area contributed by atoms with E-state index in [-0.39, 0.29) is 5.91 Å². The lowest BCUT2D eigenvalue weighted by molar-refractivity contribution is 0.0940. The van der Waals surface area contributed by atoms with Gasteiger partial charge in [-0.1, -0.05) is 23.4 Å². The molecule has 130 valence electrons. The molecule has 0 fully saturated rings. The van der Waals surface area contributed by atoms with Gasteiger partial charge in [-0.25, -0.2) is 9.67 Å². The van der Waals surface area contributed by atoms with Gasteiger partial charge in [-0.05, 0) is 26.0 Å². The summed E-state index contributed by atoms with van der Waals surface area (Å²) in [4.78, 5) is 17.4. The number of rotatable bonds is 6. The third kappa shape index (κ3) is 3.59. The number of methoxy groups -OCH3 is 1. The van der Waals surface area contributed by atoms with Crippen LogP contribution in [0, 0.1) is 13.8 Å². The standard InChI is InChI=1S/C17H19N5O2S/c1-11-15(16(23)18-9-10-24-3)25-17(19-11)14-12(2)22(21-20-14)13-7-5-4-6-8-13/h4-8H,9-10H2,1-3H3,(H,18,23). The summed E-state index contributed by atoms with van der Waals surface area (Å²) in [6.45, 7) is 4.70. The van der Waals surface area contributed by atoms with Crippen molar-refractivity contribution in [1.82, 2.24) is 25.3 Å². The summed E-state index contributed by atoms with van der Waals surface area (Å²) in [6.07, 6.45) is 0. The Bertz CT molecular complexity index is 873. The molecule has 0 unspecified atom stereocenters. The van der Waals surface area contributed by atoms with Crippen molar-refractivity contribution in [2.75, 3.05) is 20.3 Å². The van der Waals surface area contributed by atoms with Crippen molar-refractivity contribution >= 4 is 17.2 Å². The highest BCUT2D eigenvalue weighted by molar-refractivity contribution is 7.17. The average molecular weight is 357 g/mol. The van der Waals surface area contributed by atoms with Gasteiger partial charge in [-0.15, -0.1) is 16.4 Å². The molecule has 0 aliphatic heterocycles. The summed E-state index contributed by atoms with van der Waals surface area (Å²) in [7, 11) is 1.60. The van der Waals surface area contributed by atoms with E-state index >= 15 is 0 Å². The smallest absolute Gasteiger partial charge is 0.263 e. The molecule has 1 N–H and O–H groups in total.